The van der Waals surface area contributed by atoms with E-state index in [0.29, 0.717) is 5.92 Å². The summed E-state index contributed by atoms with van der Waals surface area (Å²) in [6.07, 6.45) is 4.84. The minimum Gasteiger partial charge on any atom is -0.478 e. The first kappa shape index (κ1) is 10.1. The van der Waals surface area contributed by atoms with Crippen LogP contribution in [-0.2, 0) is 9.53 Å². The Hall–Kier alpha value is -1.03. The molecule has 13 heavy (non-hydrogen) atoms. The lowest BCUT2D eigenvalue weighted by molar-refractivity contribution is -0.131. The first-order valence-electron chi connectivity index (χ1n) is 4.49. The van der Waals surface area contributed by atoms with Crippen molar-refractivity contribution >= 4 is 5.97 Å². The van der Waals surface area contributed by atoms with Crippen LogP contribution in [0, 0.1) is 5.92 Å². The second kappa shape index (κ2) is 5.59. The van der Waals surface area contributed by atoms with Gasteiger partial charge in [0.25, 0.3) is 0 Å². The predicted molar refractivity (Wildman–Crippen MR) is 48.3 cm³/mol. The number of carboxylic acid groups (broad SMARTS) is 1. The first-order chi connectivity index (χ1) is 6.29. The molecule has 4 heteroatoms. The summed E-state index contributed by atoms with van der Waals surface area (Å²) in [7, 11) is 0. The van der Waals surface area contributed by atoms with Crippen molar-refractivity contribution in [2.45, 2.75) is 12.8 Å². The molecule has 74 valence electrons. The van der Waals surface area contributed by atoms with E-state index in [-0.39, 0.29) is 0 Å². The number of aliphatic carboxylic acids is 1. The largest absolute Gasteiger partial charge is 0.478 e. The molecule has 2 N–H and O–H groups in total. The summed E-state index contributed by atoms with van der Waals surface area (Å²) in [5.41, 5.74) is 0. The first-order valence-corrected chi connectivity index (χ1v) is 4.49. The molecule has 1 heterocycles. The third-order valence-electron chi connectivity index (χ3n) is 2.00. The van der Waals surface area contributed by atoms with Gasteiger partial charge in [0.15, 0.2) is 0 Å². The summed E-state index contributed by atoms with van der Waals surface area (Å²) >= 11 is 0. The lowest BCUT2D eigenvalue weighted by Crippen LogP contribution is -2.26. The van der Waals surface area contributed by atoms with Crippen molar-refractivity contribution in [1.29, 1.82) is 0 Å². The van der Waals surface area contributed by atoms with Gasteiger partial charge in [0.1, 0.15) is 0 Å². The number of ether oxygens (including phenoxy) is 1. The van der Waals surface area contributed by atoms with Crippen molar-refractivity contribution < 1.29 is 14.6 Å². The molecule has 1 fully saturated rings. The fraction of sp³-hybridized carbons (Fsp3) is 0.667. The van der Waals surface area contributed by atoms with Crippen LogP contribution in [0.25, 0.3) is 0 Å². The van der Waals surface area contributed by atoms with Crippen LogP contribution in [0.15, 0.2) is 12.3 Å². The minimum atomic E-state index is -0.924. The lowest BCUT2D eigenvalue weighted by atomic mass is 10.0. The molecule has 1 aliphatic rings. The standard InChI is InChI=1S/C9H15NO3/c11-9(12)3-4-10-6-8-2-1-5-13-7-8/h3-4,8,10H,1-2,5-7H2,(H,11,12)/b4-3+. The third-order valence-corrected chi connectivity index (χ3v) is 2.00. The number of nitrogens with one attached hydrogen (secondary N) is 1. The van der Waals surface area contributed by atoms with Crippen LogP contribution in [0.4, 0.5) is 0 Å². The molecule has 1 rings (SSSR count). The number of hydrogen-bond acceptors (Lipinski definition) is 3. The van der Waals surface area contributed by atoms with Crippen molar-refractivity contribution in [2.75, 3.05) is 19.8 Å². The van der Waals surface area contributed by atoms with Crippen LogP contribution in [-0.4, -0.2) is 30.8 Å². The molecular formula is C9H15NO3. The molecule has 0 spiro atoms. The zero-order valence-corrected chi connectivity index (χ0v) is 7.53. The van der Waals surface area contributed by atoms with Crippen molar-refractivity contribution in [1.82, 2.24) is 5.32 Å². The second-order valence-corrected chi connectivity index (χ2v) is 3.16. The van der Waals surface area contributed by atoms with Gasteiger partial charge in [-0.2, -0.15) is 0 Å². The number of carbonyl (C=O) groups is 1. The maximum absolute atomic E-state index is 10.1. The van der Waals surface area contributed by atoms with E-state index in [2.05, 4.69) is 5.32 Å². The quantitative estimate of drug-likeness (QED) is 0.630. The highest BCUT2D eigenvalue weighted by molar-refractivity contribution is 5.79. The van der Waals surface area contributed by atoms with Gasteiger partial charge in [0.2, 0.25) is 0 Å². The number of carboxylic acids is 1. The normalized spacial score (nSPS) is 23.2. The van der Waals surface area contributed by atoms with Gasteiger partial charge in [0, 0.05) is 25.4 Å². The van der Waals surface area contributed by atoms with Crippen LogP contribution in [0.3, 0.4) is 0 Å². The highest BCUT2D eigenvalue weighted by Crippen LogP contribution is 2.11. The zero-order chi connectivity index (χ0) is 9.52. The Kier molecular flexibility index (Phi) is 4.32. The Bertz CT molecular complexity index is 185. The van der Waals surface area contributed by atoms with Crippen molar-refractivity contribution in [3.63, 3.8) is 0 Å². The molecule has 0 aliphatic carbocycles. The molecule has 0 bridgehead atoms. The van der Waals surface area contributed by atoms with Gasteiger partial charge in [-0.3, -0.25) is 0 Å². The SMILES string of the molecule is O=C(O)/C=C/NCC1CCCOC1. The van der Waals surface area contributed by atoms with Gasteiger partial charge in [-0.1, -0.05) is 0 Å². The molecular weight excluding hydrogens is 170 g/mol. The van der Waals surface area contributed by atoms with Crippen LogP contribution in [0.2, 0.25) is 0 Å². The van der Waals surface area contributed by atoms with Gasteiger partial charge in [-0.25, -0.2) is 4.79 Å². The van der Waals surface area contributed by atoms with Crippen molar-refractivity contribution in [2.24, 2.45) is 5.92 Å². The van der Waals surface area contributed by atoms with E-state index in [0.717, 1.165) is 38.7 Å². The van der Waals surface area contributed by atoms with Crippen LogP contribution >= 0.6 is 0 Å². The molecule has 1 atom stereocenters. The number of hydrogen-bond donors (Lipinski definition) is 2. The van der Waals surface area contributed by atoms with E-state index in [1.165, 1.54) is 6.20 Å². The van der Waals surface area contributed by atoms with E-state index in [4.69, 9.17) is 9.84 Å². The fourth-order valence-electron chi connectivity index (χ4n) is 1.33. The second-order valence-electron chi connectivity index (χ2n) is 3.16. The summed E-state index contributed by atoms with van der Waals surface area (Å²) in [6, 6.07) is 0. The Morgan fingerprint density at radius 1 is 1.69 bits per heavy atom. The lowest BCUT2D eigenvalue weighted by Gasteiger charge is -2.21. The molecule has 0 aromatic heterocycles. The Morgan fingerprint density at radius 3 is 3.15 bits per heavy atom. The van der Waals surface area contributed by atoms with E-state index in [1.54, 1.807) is 0 Å². The Morgan fingerprint density at radius 2 is 2.54 bits per heavy atom. The molecule has 0 aromatic carbocycles. The van der Waals surface area contributed by atoms with Gasteiger partial charge < -0.3 is 15.2 Å². The van der Waals surface area contributed by atoms with Gasteiger partial charge in [-0.15, -0.1) is 0 Å². The number of rotatable bonds is 4. The smallest absolute Gasteiger partial charge is 0.329 e. The molecule has 1 saturated heterocycles. The minimum absolute atomic E-state index is 0.521. The fourth-order valence-corrected chi connectivity index (χ4v) is 1.33. The molecule has 1 unspecified atom stereocenters. The predicted octanol–water partition coefficient (Wildman–Crippen LogP) is 0.601. The monoisotopic (exact) mass is 185 g/mol. The zero-order valence-electron chi connectivity index (χ0n) is 7.53. The van der Waals surface area contributed by atoms with E-state index in [9.17, 15) is 4.79 Å². The molecule has 1 aliphatic heterocycles. The summed E-state index contributed by atoms with van der Waals surface area (Å²) in [5, 5.41) is 11.2. The molecule has 0 amide bonds. The van der Waals surface area contributed by atoms with E-state index in [1.807, 2.05) is 0 Å². The average molecular weight is 185 g/mol. The van der Waals surface area contributed by atoms with Crippen LogP contribution in [0.5, 0.6) is 0 Å². The summed E-state index contributed by atoms with van der Waals surface area (Å²) in [6.45, 7) is 2.44. The van der Waals surface area contributed by atoms with Gasteiger partial charge in [0.05, 0.1) is 6.61 Å². The summed E-state index contributed by atoms with van der Waals surface area (Å²) in [4.78, 5) is 10.1. The summed E-state index contributed by atoms with van der Waals surface area (Å²) < 4.78 is 5.28. The maximum atomic E-state index is 10.1. The Balaban J connectivity index is 2.07. The molecule has 0 aromatic rings. The van der Waals surface area contributed by atoms with Gasteiger partial charge in [-0.05, 0) is 18.8 Å². The summed E-state index contributed by atoms with van der Waals surface area (Å²) in [5.74, 6) is -0.403. The molecule has 4 nitrogen and oxygen atoms in total. The maximum Gasteiger partial charge on any atom is 0.329 e. The highest BCUT2D eigenvalue weighted by Gasteiger charge is 2.12. The van der Waals surface area contributed by atoms with Crippen LogP contribution in [0.1, 0.15) is 12.8 Å². The van der Waals surface area contributed by atoms with Crippen LogP contribution < -0.4 is 5.32 Å². The topological polar surface area (TPSA) is 58.6 Å². The van der Waals surface area contributed by atoms with Crippen molar-refractivity contribution in [3.05, 3.63) is 12.3 Å². The van der Waals surface area contributed by atoms with E-state index >= 15 is 0 Å². The average Bonchev–Trinajstić information content (AvgIpc) is 2.14. The Labute approximate surface area is 77.6 Å². The van der Waals surface area contributed by atoms with Crippen molar-refractivity contribution in [3.8, 4) is 0 Å². The van der Waals surface area contributed by atoms with Gasteiger partial charge >= 0.3 is 5.97 Å². The molecule has 0 saturated carbocycles. The highest BCUT2D eigenvalue weighted by atomic mass is 16.5. The third kappa shape index (κ3) is 4.52. The van der Waals surface area contributed by atoms with E-state index < -0.39 is 5.97 Å². The molecule has 0 radical (unpaired) electrons.